The number of amides is 2. The van der Waals surface area contributed by atoms with Crippen LogP contribution in [0.5, 0.6) is 0 Å². The molecule has 0 unspecified atom stereocenters. The molecule has 21 heavy (non-hydrogen) atoms. The maximum Gasteiger partial charge on any atom is 0.315 e. The summed E-state index contributed by atoms with van der Waals surface area (Å²) >= 11 is 0. The van der Waals surface area contributed by atoms with E-state index in [2.05, 4.69) is 15.6 Å². The van der Waals surface area contributed by atoms with E-state index in [1.54, 1.807) is 19.5 Å². The van der Waals surface area contributed by atoms with Gasteiger partial charge in [0.2, 0.25) is 0 Å². The van der Waals surface area contributed by atoms with E-state index in [-0.39, 0.29) is 6.03 Å². The molecule has 0 aliphatic carbocycles. The quantitative estimate of drug-likeness (QED) is 0.855. The highest BCUT2D eigenvalue weighted by Crippen LogP contribution is 2.09. The molecule has 0 fully saturated rings. The van der Waals surface area contributed by atoms with Gasteiger partial charge in [0.25, 0.3) is 0 Å². The molecular formula is C16H19N3O2. The fourth-order valence-electron chi connectivity index (χ4n) is 1.95. The van der Waals surface area contributed by atoms with Gasteiger partial charge in [0.1, 0.15) is 0 Å². The van der Waals surface area contributed by atoms with Crippen LogP contribution in [0.25, 0.3) is 0 Å². The fraction of sp³-hybridized carbons (Fsp3) is 0.250. The minimum atomic E-state index is -0.203. The van der Waals surface area contributed by atoms with E-state index in [0.29, 0.717) is 19.7 Å². The molecule has 0 radical (unpaired) electrons. The average molecular weight is 285 g/mol. The van der Waals surface area contributed by atoms with Gasteiger partial charge >= 0.3 is 6.03 Å². The molecule has 5 nitrogen and oxygen atoms in total. The largest absolute Gasteiger partial charge is 0.380 e. The minimum Gasteiger partial charge on any atom is -0.380 e. The second-order valence-corrected chi connectivity index (χ2v) is 4.60. The number of nitrogens with zero attached hydrogens (tertiary/aromatic N) is 1. The Balaban J connectivity index is 1.81. The van der Waals surface area contributed by atoms with E-state index in [0.717, 1.165) is 16.7 Å². The predicted octanol–water partition coefficient (Wildman–Crippen LogP) is 2.23. The van der Waals surface area contributed by atoms with Crippen LogP contribution in [0.3, 0.4) is 0 Å². The van der Waals surface area contributed by atoms with Gasteiger partial charge in [0, 0.05) is 32.6 Å². The Morgan fingerprint density at radius 1 is 1.10 bits per heavy atom. The summed E-state index contributed by atoms with van der Waals surface area (Å²) in [6.07, 6.45) is 3.43. The lowest BCUT2D eigenvalue weighted by molar-refractivity contribution is 0.184. The molecule has 0 aliphatic heterocycles. The Morgan fingerprint density at radius 2 is 1.86 bits per heavy atom. The number of hydrogen-bond acceptors (Lipinski definition) is 3. The fourth-order valence-corrected chi connectivity index (χ4v) is 1.95. The predicted molar refractivity (Wildman–Crippen MR) is 80.5 cm³/mol. The monoisotopic (exact) mass is 285 g/mol. The smallest absolute Gasteiger partial charge is 0.315 e. The van der Waals surface area contributed by atoms with Crippen LogP contribution < -0.4 is 10.6 Å². The number of methoxy groups -OCH3 is 1. The van der Waals surface area contributed by atoms with E-state index in [9.17, 15) is 4.79 Å². The molecule has 2 rings (SSSR count). The van der Waals surface area contributed by atoms with Gasteiger partial charge in [0.15, 0.2) is 0 Å². The normalized spacial score (nSPS) is 10.1. The highest BCUT2D eigenvalue weighted by molar-refractivity contribution is 5.73. The van der Waals surface area contributed by atoms with Crippen molar-refractivity contribution in [1.29, 1.82) is 0 Å². The molecule has 110 valence electrons. The van der Waals surface area contributed by atoms with Crippen molar-refractivity contribution in [3.63, 3.8) is 0 Å². The molecule has 5 heteroatoms. The molecule has 0 atom stereocenters. The van der Waals surface area contributed by atoms with Crippen LogP contribution in [0.1, 0.15) is 16.7 Å². The van der Waals surface area contributed by atoms with Crippen LogP contribution in [-0.4, -0.2) is 18.1 Å². The van der Waals surface area contributed by atoms with E-state index in [1.807, 2.05) is 36.4 Å². The van der Waals surface area contributed by atoms with Gasteiger partial charge in [-0.2, -0.15) is 0 Å². The highest BCUT2D eigenvalue weighted by atomic mass is 16.5. The summed E-state index contributed by atoms with van der Waals surface area (Å²) in [5.74, 6) is 0. The van der Waals surface area contributed by atoms with E-state index >= 15 is 0 Å². The van der Waals surface area contributed by atoms with Crippen molar-refractivity contribution < 1.29 is 9.53 Å². The Hall–Kier alpha value is -2.40. The lowest BCUT2D eigenvalue weighted by atomic mass is 10.1. The van der Waals surface area contributed by atoms with E-state index in [1.165, 1.54) is 0 Å². The lowest BCUT2D eigenvalue weighted by Crippen LogP contribution is -2.34. The molecule has 1 aromatic heterocycles. The minimum absolute atomic E-state index is 0.203. The second kappa shape index (κ2) is 8.01. The van der Waals surface area contributed by atoms with Gasteiger partial charge in [-0.05, 0) is 22.8 Å². The second-order valence-electron chi connectivity index (χ2n) is 4.60. The van der Waals surface area contributed by atoms with Gasteiger partial charge < -0.3 is 15.4 Å². The Bertz CT molecular complexity index is 573. The first kappa shape index (κ1) is 15.0. The highest BCUT2D eigenvalue weighted by Gasteiger charge is 2.04. The molecule has 1 aromatic carbocycles. The molecule has 0 saturated carbocycles. The molecule has 0 bridgehead atoms. The number of nitrogens with one attached hydrogen (secondary N) is 2. The summed E-state index contributed by atoms with van der Waals surface area (Å²) < 4.78 is 5.15. The van der Waals surface area contributed by atoms with Crippen LogP contribution in [-0.2, 0) is 24.4 Å². The molecule has 0 spiro atoms. The van der Waals surface area contributed by atoms with Crippen molar-refractivity contribution in [3.8, 4) is 0 Å². The third kappa shape index (κ3) is 4.89. The van der Waals surface area contributed by atoms with Crippen molar-refractivity contribution in [1.82, 2.24) is 15.6 Å². The summed E-state index contributed by atoms with van der Waals surface area (Å²) in [4.78, 5) is 15.8. The van der Waals surface area contributed by atoms with Crippen LogP contribution in [0.2, 0.25) is 0 Å². The zero-order valence-electron chi connectivity index (χ0n) is 12.0. The van der Waals surface area contributed by atoms with Crippen LogP contribution in [0.15, 0.2) is 48.8 Å². The summed E-state index contributed by atoms with van der Waals surface area (Å²) in [6, 6.07) is 11.4. The number of urea groups is 1. The third-order valence-corrected chi connectivity index (χ3v) is 3.03. The maximum atomic E-state index is 11.8. The number of aromatic nitrogens is 1. The topological polar surface area (TPSA) is 63.2 Å². The zero-order valence-corrected chi connectivity index (χ0v) is 12.0. The Labute approximate surface area is 124 Å². The molecular weight excluding hydrogens is 266 g/mol. The summed E-state index contributed by atoms with van der Waals surface area (Å²) in [5, 5.41) is 5.64. The standard InChI is InChI=1S/C16H19N3O2/c1-21-12-15-7-3-2-6-14(15)11-19-16(20)18-10-13-5-4-8-17-9-13/h2-9H,10-12H2,1H3,(H2,18,19,20). The Morgan fingerprint density at radius 3 is 2.57 bits per heavy atom. The van der Waals surface area contributed by atoms with Gasteiger partial charge in [-0.1, -0.05) is 30.3 Å². The average Bonchev–Trinajstić information content (AvgIpc) is 2.53. The SMILES string of the molecule is COCc1ccccc1CNC(=O)NCc1cccnc1. The first-order chi connectivity index (χ1) is 10.3. The summed E-state index contributed by atoms with van der Waals surface area (Å²) in [7, 11) is 1.66. The first-order valence-electron chi connectivity index (χ1n) is 6.76. The molecule has 1 heterocycles. The zero-order chi connectivity index (χ0) is 14.9. The van der Waals surface area contributed by atoms with Crippen LogP contribution >= 0.6 is 0 Å². The van der Waals surface area contributed by atoms with E-state index < -0.39 is 0 Å². The van der Waals surface area contributed by atoms with Crippen molar-refractivity contribution in [2.75, 3.05) is 7.11 Å². The van der Waals surface area contributed by atoms with Gasteiger partial charge in [-0.15, -0.1) is 0 Å². The molecule has 2 aromatic rings. The number of pyridine rings is 1. The number of carbonyl (C=O) groups is 1. The van der Waals surface area contributed by atoms with Crippen LogP contribution in [0, 0.1) is 0 Å². The van der Waals surface area contributed by atoms with Crippen molar-refractivity contribution in [3.05, 3.63) is 65.5 Å². The van der Waals surface area contributed by atoms with Gasteiger partial charge in [0.05, 0.1) is 6.61 Å². The Kier molecular flexibility index (Phi) is 5.72. The summed E-state index contributed by atoms with van der Waals surface area (Å²) in [5.41, 5.74) is 3.09. The lowest BCUT2D eigenvalue weighted by Gasteiger charge is -2.11. The number of carbonyl (C=O) groups excluding carboxylic acids is 1. The van der Waals surface area contributed by atoms with Crippen molar-refractivity contribution in [2.24, 2.45) is 0 Å². The number of rotatable bonds is 6. The third-order valence-electron chi connectivity index (χ3n) is 3.03. The number of hydrogen-bond donors (Lipinski definition) is 2. The number of ether oxygens (including phenoxy) is 1. The summed E-state index contributed by atoms with van der Waals surface area (Å²) in [6.45, 7) is 1.47. The van der Waals surface area contributed by atoms with Crippen LogP contribution in [0.4, 0.5) is 4.79 Å². The molecule has 2 amide bonds. The maximum absolute atomic E-state index is 11.8. The molecule has 0 saturated heterocycles. The molecule has 2 N–H and O–H groups in total. The first-order valence-corrected chi connectivity index (χ1v) is 6.76. The van der Waals surface area contributed by atoms with Gasteiger partial charge in [-0.3, -0.25) is 4.98 Å². The molecule has 0 aliphatic rings. The van der Waals surface area contributed by atoms with Crippen molar-refractivity contribution >= 4 is 6.03 Å². The van der Waals surface area contributed by atoms with Crippen molar-refractivity contribution in [2.45, 2.75) is 19.7 Å². The number of benzene rings is 1. The van der Waals surface area contributed by atoms with Gasteiger partial charge in [-0.25, -0.2) is 4.79 Å². The van der Waals surface area contributed by atoms with E-state index in [4.69, 9.17) is 4.74 Å².